The van der Waals surface area contributed by atoms with Crippen LogP contribution in [-0.2, 0) is 0 Å². The van der Waals surface area contributed by atoms with Crippen LogP contribution < -0.4 is 0 Å². The maximum atomic E-state index is 13.6. The lowest BCUT2D eigenvalue weighted by atomic mass is 10.1. The lowest BCUT2D eigenvalue weighted by molar-refractivity contribution is 0.149. The molecule has 1 saturated carbocycles. The first-order valence-electron chi connectivity index (χ1n) is 4.42. The molecule has 0 aliphatic heterocycles. The number of aliphatic hydroxyl groups is 1. The third kappa shape index (κ3) is 1.81. The third-order valence-electron chi connectivity index (χ3n) is 2.45. The minimum Gasteiger partial charge on any atom is -0.388 e. The maximum Gasteiger partial charge on any atom is 0.148 e. The van der Waals surface area contributed by atoms with Crippen molar-refractivity contribution in [3.05, 3.63) is 33.0 Å². The standard InChI is InChI=1S/C10H9BrClFO/c11-7-4-3-6(9(13)8(7)12)10(14)5-1-2-5/h3-5,10,14H,1-2H2. The number of rotatable bonds is 2. The minimum atomic E-state index is -0.708. The molecule has 0 amide bonds. The van der Waals surface area contributed by atoms with E-state index in [1.165, 1.54) is 0 Å². The van der Waals surface area contributed by atoms with Crippen molar-refractivity contribution in [2.45, 2.75) is 18.9 Å². The molecule has 0 radical (unpaired) electrons. The zero-order valence-electron chi connectivity index (χ0n) is 7.30. The van der Waals surface area contributed by atoms with Crippen LogP contribution in [0, 0.1) is 11.7 Å². The average Bonchev–Trinajstić information content (AvgIpc) is 2.97. The summed E-state index contributed by atoms with van der Waals surface area (Å²) in [5.41, 5.74) is 0.306. The zero-order valence-corrected chi connectivity index (χ0v) is 9.65. The van der Waals surface area contributed by atoms with E-state index < -0.39 is 11.9 Å². The molecule has 1 unspecified atom stereocenters. The van der Waals surface area contributed by atoms with Gasteiger partial charge in [-0.3, -0.25) is 0 Å². The summed E-state index contributed by atoms with van der Waals surface area (Å²) in [5, 5.41) is 9.79. The van der Waals surface area contributed by atoms with E-state index in [-0.39, 0.29) is 10.9 Å². The Labute approximate surface area is 95.0 Å². The molecule has 1 nitrogen and oxygen atoms in total. The highest BCUT2D eigenvalue weighted by atomic mass is 79.9. The van der Waals surface area contributed by atoms with E-state index in [0.29, 0.717) is 10.0 Å². The lowest BCUT2D eigenvalue weighted by Crippen LogP contribution is -2.03. The van der Waals surface area contributed by atoms with Crippen LogP contribution in [0.4, 0.5) is 4.39 Å². The molecule has 4 heteroatoms. The smallest absolute Gasteiger partial charge is 0.148 e. The van der Waals surface area contributed by atoms with Crippen molar-refractivity contribution < 1.29 is 9.50 Å². The second kappa shape index (κ2) is 3.80. The van der Waals surface area contributed by atoms with E-state index in [9.17, 15) is 9.50 Å². The maximum absolute atomic E-state index is 13.6. The van der Waals surface area contributed by atoms with Gasteiger partial charge in [-0.05, 0) is 40.8 Å². The van der Waals surface area contributed by atoms with Crippen LogP contribution in [0.1, 0.15) is 24.5 Å². The van der Waals surface area contributed by atoms with Gasteiger partial charge in [-0.25, -0.2) is 4.39 Å². The summed E-state index contributed by atoms with van der Waals surface area (Å²) in [5.74, 6) is -0.304. The molecule has 0 aromatic heterocycles. The van der Waals surface area contributed by atoms with Crippen molar-refractivity contribution in [2.24, 2.45) is 5.92 Å². The Balaban J connectivity index is 2.38. The Hall–Kier alpha value is -0.120. The van der Waals surface area contributed by atoms with E-state index in [1.54, 1.807) is 12.1 Å². The molecule has 1 N–H and O–H groups in total. The van der Waals surface area contributed by atoms with Crippen molar-refractivity contribution in [3.8, 4) is 0 Å². The van der Waals surface area contributed by atoms with Crippen molar-refractivity contribution >= 4 is 27.5 Å². The molecule has 1 aromatic carbocycles. The molecular formula is C10H9BrClFO. The molecule has 1 aliphatic carbocycles. The normalized spacial score (nSPS) is 18.3. The highest BCUT2D eigenvalue weighted by molar-refractivity contribution is 9.10. The van der Waals surface area contributed by atoms with Crippen LogP contribution in [0.5, 0.6) is 0 Å². The number of hydrogen-bond acceptors (Lipinski definition) is 1. The largest absolute Gasteiger partial charge is 0.388 e. The van der Waals surface area contributed by atoms with Gasteiger partial charge in [-0.1, -0.05) is 17.7 Å². The van der Waals surface area contributed by atoms with Gasteiger partial charge in [-0.15, -0.1) is 0 Å². The van der Waals surface area contributed by atoms with E-state index in [0.717, 1.165) is 12.8 Å². The van der Waals surface area contributed by atoms with Crippen LogP contribution in [0.2, 0.25) is 5.02 Å². The highest BCUT2D eigenvalue weighted by Crippen LogP contribution is 2.43. The second-order valence-electron chi connectivity index (χ2n) is 3.55. The highest BCUT2D eigenvalue weighted by Gasteiger charge is 2.32. The summed E-state index contributed by atoms with van der Waals surface area (Å²) in [6.07, 6.45) is 1.23. The predicted molar refractivity (Wildman–Crippen MR) is 56.8 cm³/mol. The van der Waals surface area contributed by atoms with Crippen molar-refractivity contribution in [1.82, 2.24) is 0 Å². The van der Waals surface area contributed by atoms with Crippen LogP contribution >= 0.6 is 27.5 Å². The van der Waals surface area contributed by atoms with E-state index in [4.69, 9.17) is 11.6 Å². The molecule has 0 heterocycles. The monoisotopic (exact) mass is 278 g/mol. The van der Waals surface area contributed by atoms with Crippen LogP contribution in [-0.4, -0.2) is 5.11 Å². The van der Waals surface area contributed by atoms with Gasteiger partial charge in [0.2, 0.25) is 0 Å². The molecule has 76 valence electrons. The topological polar surface area (TPSA) is 20.2 Å². The fraction of sp³-hybridized carbons (Fsp3) is 0.400. The summed E-state index contributed by atoms with van der Waals surface area (Å²) in [4.78, 5) is 0. The van der Waals surface area contributed by atoms with Crippen LogP contribution in [0.3, 0.4) is 0 Å². The van der Waals surface area contributed by atoms with Gasteiger partial charge in [0, 0.05) is 10.0 Å². The molecule has 1 atom stereocenters. The second-order valence-corrected chi connectivity index (χ2v) is 4.78. The molecule has 1 fully saturated rings. The SMILES string of the molecule is OC(c1ccc(Br)c(Cl)c1F)C1CC1. The van der Waals surface area contributed by atoms with Gasteiger partial charge in [0.25, 0.3) is 0 Å². The Morgan fingerprint density at radius 2 is 2.14 bits per heavy atom. The van der Waals surface area contributed by atoms with Gasteiger partial charge >= 0.3 is 0 Å². The van der Waals surface area contributed by atoms with Crippen molar-refractivity contribution in [2.75, 3.05) is 0 Å². The average molecular weight is 280 g/mol. The van der Waals surface area contributed by atoms with Gasteiger partial charge < -0.3 is 5.11 Å². The molecule has 0 spiro atoms. The van der Waals surface area contributed by atoms with Crippen LogP contribution in [0.25, 0.3) is 0 Å². The Bertz CT molecular complexity index is 365. The summed E-state index contributed by atoms with van der Waals surface area (Å²) < 4.78 is 14.1. The fourth-order valence-corrected chi connectivity index (χ4v) is 1.91. The molecule has 0 bridgehead atoms. The molecule has 0 saturated heterocycles. The number of benzene rings is 1. The van der Waals surface area contributed by atoms with Gasteiger partial charge in [-0.2, -0.15) is 0 Å². The summed E-state index contributed by atoms with van der Waals surface area (Å²) in [6.45, 7) is 0. The first-order valence-corrected chi connectivity index (χ1v) is 5.60. The summed E-state index contributed by atoms with van der Waals surface area (Å²) in [6, 6.07) is 3.24. The quantitative estimate of drug-likeness (QED) is 0.819. The molecule has 1 aromatic rings. The van der Waals surface area contributed by atoms with Gasteiger partial charge in [0.15, 0.2) is 0 Å². The molecule has 14 heavy (non-hydrogen) atoms. The zero-order chi connectivity index (χ0) is 10.3. The van der Waals surface area contributed by atoms with Crippen molar-refractivity contribution in [3.63, 3.8) is 0 Å². The first kappa shape index (κ1) is 10.4. The Kier molecular flexibility index (Phi) is 2.82. The Morgan fingerprint density at radius 3 is 2.71 bits per heavy atom. The van der Waals surface area contributed by atoms with E-state index in [1.807, 2.05) is 0 Å². The summed E-state index contributed by atoms with van der Waals surface area (Å²) >= 11 is 8.85. The third-order valence-corrected chi connectivity index (χ3v) is 3.71. The number of aliphatic hydroxyl groups excluding tert-OH is 1. The van der Waals surface area contributed by atoms with Crippen molar-refractivity contribution in [1.29, 1.82) is 0 Å². The minimum absolute atomic E-state index is 0.0437. The van der Waals surface area contributed by atoms with Crippen LogP contribution in [0.15, 0.2) is 16.6 Å². The number of hydrogen-bond donors (Lipinski definition) is 1. The predicted octanol–water partition coefficient (Wildman–Crippen LogP) is 3.69. The fourth-order valence-electron chi connectivity index (χ4n) is 1.44. The van der Waals surface area contributed by atoms with Gasteiger partial charge in [0.1, 0.15) is 5.82 Å². The number of halogens is 3. The first-order chi connectivity index (χ1) is 6.61. The molecule has 1 aliphatic rings. The van der Waals surface area contributed by atoms with Gasteiger partial charge in [0.05, 0.1) is 11.1 Å². The molecular weight excluding hydrogens is 270 g/mol. The van der Waals surface area contributed by atoms with E-state index in [2.05, 4.69) is 15.9 Å². The summed E-state index contributed by atoms with van der Waals surface area (Å²) in [7, 11) is 0. The Morgan fingerprint density at radius 1 is 1.50 bits per heavy atom. The molecule has 2 rings (SSSR count). The lowest BCUT2D eigenvalue weighted by Gasteiger charge is -2.11. The van der Waals surface area contributed by atoms with E-state index >= 15 is 0 Å².